The van der Waals surface area contributed by atoms with Gasteiger partial charge in [-0.3, -0.25) is 0 Å². The summed E-state index contributed by atoms with van der Waals surface area (Å²) in [5, 5.41) is 9.05. The fourth-order valence-corrected chi connectivity index (χ4v) is 0.647. The maximum Gasteiger partial charge on any atom is 0.0555 e. The molecule has 0 aliphatic rings. The summed E-state index contributed by atoms with van der Waals surface area (Å²) >= 11 is 0. The standard InChI is InChI=1S/C7H15NO/c1-2-3-4-7(9)5-6-8/h2,7,9H,1,3-6,8H2. The van der Waals surface area contributed by atoms with Crippen molar-refractivity contribution in [3.05, 3.63) is 12.7 Å². The fraction of sp³-hybridized carbons (Fsp3) is 0.714. The fourth-order valence-electron chi connectivity index (χ4n) is 0.647. The van der Waals surface area contributed by atoms with Crippen LogP contribution in [0.15, 0.2) is 12.7 Å². The molecule has 3 N–H and O–H groups in total. The van der Waals surface area contributed by atoms with Crippen molar-refractivity contribution in [1.29, 1.82) is 0 Å². The Morgan fingerprint density at radius 3 is 2.67 bits per heavy atom. The lowest BCUT2D eigenvalue weighted by atomic mass is 10.1. The Morgan fingerprint density at radius 1 is 1.56 bits per heavy atom. The second kappa shape index (κ2) is 5.79. The third-order valence-corrected chi connectivity index (χ3v) is 1.20. The zero-order valence-electron chi connectivity index (χ0n) is 5.71. The molecule has 0 saturated carbocycles. The molecule has 0 fully saturated rings. The molecule has 9 heavy (non-hydrogen) atoms. The molecule has 0 aromatic heterocycles. The molecular formula is C7H15NO. The van der Waals surface area contributed by atoms with Gasteiger partial charge in [-0.15, -0.1) is 6.58 Å². The van der Waals surface area contributed by atoms with E-state index in [-0.39, 0.29) is 6.10 Å². The minimum atomic E-state index is -0.229. The SMILES string of the molecule is C=CCCC(O)CCN. The summed E-state index contributed by atoms with van der Waals surface area (Å²) in [5.74, 6) is 0. The van der Waals surface area contributed by atoms with Gasteiger partial charge < -0.3 is 10.8 Å². The van der Waals surface area contributed by atoms with Gasteiger partial charge in [0.15, 0.2) is 0 Å². The monoisotopic (exact) mass is 129 g/mol. The van der Waals surface area contributed by atoms with E-state index in [0.717, 1.165) is 12.8 Å². The quantitative estimate of drug-likeness (QED) is 0.536. The van der Waals surface area contributed by atoms with E-state index in [0.29, 0.717) is 13.0 Å². The van der Waals surface area contributed by atoms with Crippen LogP contribution in [0.25, 0.3) is 0 Å². The van der Waals surface area contributed by atoms with Crippen LogP contribution < -0.4 is 5.73 Å². The highest BCUT2D eigenvalue weighted by molar-refractivity contribution is 4.69. The maximum atomic E-state index is 9.05. The second-order valence-electron chi connectivity index (χ2n) is 2.10. The second-order valence-corrected chi connectivity index (χ2v) is 2.10. The largest absolute Gasteiger partial charge is 0.393 e. The van der Waals surface area contributed by atoms with Crippen molar-refractivity contribution in [2.45, 2.75) is 25.4 Å². The van der Waals surface area contributed by atoms with Gasteiger partial charge in [-0.05, 0) is 25.8 Å². The van der Waals surface area contributed by atoms with Crippen molar-refractivity contribution in [2.24, 2.45) is 5.73 Å². The number of nitrogens with two attached hydrogens (primary N) is 1. The number of rotatable bonds is 5. The molecule has 0 rings (SSSR count). The van der Waals surface area contributed by atoms with E-state index in [1.54, 1.807) is 6.08 Å². The molecule has 0 aromatic rings. The molecule has 2 heteroatoms. The molecule has 0 aromatic carbocycles. The van der Waals surface area contributed by atoms with E-state index in [2.05, 4.69) is 6.58 Å². The van der Waals surface area contributed by atoms with Crippen molar-refractivity contribution in [3.63, 3.8) is 0 Å². The average Bonchev–Trinajstić information content (AvgIpc) is 1.85. The van der Waals surface area contributed by atoms with Crippen LogP contribution in [0.5, 0.6) is 0 Å². The Labute approximate surface area is 56.4 Å². The molecular weight excluding hydrogens is 114 g/mol. The van der Waals surface area contributed by atoms with Crippen molar-refractivity contribution in [3.8, 4) is 0 Å². The van der Waals surface area contributed by atoms with Crippen molar-refractivity contribution >= 4 is 0 Å². The van der Waals surface area contributed by atoms with Gasteiger partial charge in [-0.25, -0.2) is 0 Å². The van der Waals surface area contributed by atoms with Crippen molar-refractivity contribution in [2.75, 3.05) is 6.54 Å². The van der Waals surface area contributed by atoms with E-state index in [1.165, 1.54) is 0 Å². The van der Waals surface area contributed by atoms with Gasteiger partial charge in [0.1, 0.15) is 0 Å². The number of allylic oxidation sites excluding steroid dienone is 1. The highest BCUT2D eigenvalue weighted by atomic mass is 16.3. The van der Waals surface area contributed by atoms with Gasteiger partial charge in [-0.1, -0.05) is 6.08 Å². The lowest BCUT2D eigenvalue weighted by Crippen LogP contribution is -2.12. The summed E-state index contributed by atoms with van der Waals surface area (Å²) in [4.78, 5) is 0. The minimum absolute atomic E-state index is 0.229. The molecule has 0 saturated heterocycles. The zero-order valence-corrected chi connectivity index (χ0v) is 5.71. The number of hydrogen-bond acceptors (Lipinski definition) is 2. The van der Waals surface area contributed by atoms with Crippen LogP contribution in [-0.4, -0.2) is 17.8 Å². The smallest absolute Gasteiger partial charge is 0.0555 e. The first kappa shape index (κ1) is 8.66. The van der Waals surface area contributed by atoms with E-state index in [4.69, 9.17) is 10.8 Å². The first-order valence-corrected chi connectivity index (χ1v) is 3.30. The summed E-state index contributed by atoms with van der Waals surface area (Å²) < 4.78 is 0. The molecule has 0 amide bonds. The Bertz CT molecular complexity index is 73.3. The van der Waals surface area contributed by atoms with Gasteiger partial charge in [0, 0.05) is 0 Å². The van der Waals surface area contributed by atoms with Crippen LogP contribution in [0.4, 0.5) is 0 Å². The Balaban J connectivity index is 3.04. The van der Waals surface area contributed by atoms with Crippen LogP contribution in [0.2, 0.25) is 0 Å². The van der Waals surface area contributed by atoms with Crippen LogP contribution in [0, 0.1) is 0 Å². The first-order valence-electron chi connectivity index (χ1n) is 3.30. The Hall–Kier alpha value is -0.340. The van der Waals surface area contributed by atoms with Crippen LogP contribution in [0.1, 0.15) is 19.3 Å². The van der Waals surface area contributed by atoms with Gasteiger partial charge in [-0.2, -0.15) is 0 Å². The highest BCUT2D eigenvalue weighted by Gasteiger charge is 1.98. The lowest BCUT2D eigenvalue weighted by Gasteiger charge is -2.05. The van der Waals surface area contributed by atoms with E-state index >= 15 is 0 Å². The molecule has 1 atom stereocenters. The molecule has 0 radical (unpaired) electrons. The summed E-state index contributed by atoms with van der Waals surface area (Å²) in [6.07, 6.45) is 3.95. The van der Waals surface area contributed by atoms with Gasteiger partial charge >= 0.3 is 0 Å². The molecule has 1 unspecified atom stereocenters. The predicted octanol–water partition coefficient (Wildman–Crippen LogP) is 0.662. The molecule has 0 heterocycles. The highest BCUT2D eigenvalue weighted by Crippen LogP contribution is 1.99. The third kappa shape index (κ3) is 5.53. The summed E-state index contributed by atoms with van der Waals surface area (Å²) in [6.45, 7) is 4.12. The lowest BCUT2D eigenvalue weighted by molar-refractivity contribution is 0.158. The Morgan fingerprint density at radius 2 is 2.22 bits per heavy atom. The molecule has 2 nitrogen and oxygen atoms in total. The predicted molar refractivity (Wildman–Crippen MR) is 39.1 cm³/mol. The zero-order chi connectivity index (χ0) is 7.11. The molecule has 0 spiro atoms. The summed E-state index contributed by atoms with van der Waals surface area (Å²) in [7, 11) is 0. The summed E-state index contributed by atoms with van der Waals surface area (Å²) in [6, 6.07) is 0. The van der Waals surface area contributed by atoms with Gasteiger partial charge in [0.2, 0.25) is 0 Å². The number of aliphatic hydroxyl groups is 1. The Kier molecular flexibility index (Phi) is 5.57. The van der Waals surface area contributed by atoms with Gasteiger partial charge in [0.25, 0.3) is 0 Å². The molecule has 0 bridgehead atoms. The molecule has 54 valence electrons. The van der Waals surface area contributed by atoms with Crippen LogP contribution in [0.3, 0.4) is 0 Å². The molecule has 0 aliphatic heterocycles. The van der Waals surface area contributed by atoms with Crippen molar-refractivity contribution in [1.82, 2.24) is 0 Å². The topological polar surface area (TPSA) is 46.2 Å². The number of hydrogen-bond donors (Lipinski definition) is 2. The van der Waals surface area contributed by atoms with E-state index in [9.17, 15) is 0 Å². The maximum absolute atomic E-state index is 9.05. The van der Waals surface area contributed by atoms with Crippen molar-refractivity contribution < 1.29 is 5.11 Å². The minimum Gasteiger partial charge on any atom is -0.393 e. The average molecular weight is 129 g/mol. The number of aliphatic hydroxyl groups excluding tert-OH is 1. The first-order chi connectivity index (χ1) is 4.31. The van der Waals surface area contributed by atoms with E-state index < -0.39 is 0 Å². The molecule has 0 aliphatic carbocycles. The summed E-state index contributed by atoms with van der Waals surface area (Å²) in [5.41, 5.74) is 5.22. The van der Waals surface area contributed by atoms with Crippen LogP contribution in [-0.2, 0) is 0 Å². The van der Waals surface area contributed by atoms with Crippen LogP contribution >= 0.6 is 0 Å². The van der Waals surface area contributed by atoms with Gasteiger partial charge in [0.05, 0.1) is 6.10 Å². The normalized spacial score (nSPS) is 13.1. The van der Waals surface area contributed by atoms with E-state index in [1.807, 2.05) is 0 Å². The third-order valence-electron chi connectivity index (χ3n) is 1.20.